The summed E-state index contributed by atoms with van der Waals surface area (Å²) in [6.07, 6.45) is 1.64. The highest BCUT2D eigenvalue weighted by molar-refractivity contribution is 14.1. The van der Waals surface area contributed by atoms with Crippen LogP contribution in [0.15, 0.2) is 22.7 Å². The first-order valence-electron chi connectivity index (χ1n) is 5.40. The first kappa shape index (κ1) is 13.1. The molecule has 0 bridgehead atoms. The fraction of sp³-hybridized carbons (Fsp3) is 0.250. The highest BCUT2D eigenvalue weighted by atomic mass is 127. The van der Waals surface area contributed by atoms with Crippen LogP contribution in [0.4, 0.5) is 15.8 Å². The minimum absolute atomic E-state index is 0.180. The van der Waals surface area contributed by atoms with Gasteiger partial charge in [-0.1, -0.05) is 0 Å². The molecule has 3 N–H and O–H groups in total. The van der Waals surface area contributed by atoms with Gasteiger partial charge in [0.1, 0.15) is 17.6 Å². The average Bonchev–Trinajstić information content (AvgIpc) is 2.73. The monoisotopic (exact) mass is 361 g/mol. The molecule has 2 rings (SSSR count). The number of oxazole rings is 1. The number of halogens is 2. The third-order valence-corrected chi connectivity index (χ3v) is 3.30. The van der Waals surface area contributed by atoms with Gasteiger partial charge in [-0.2, -0.15) is 0 Å². The van der Waals surface area contributed by atoms with Crippen LogP contribution in [0, 0.1) is 16.3 Å². The number of nitrogens with zero attached hydrogens (tertiary/aromatic N) is 1. The van der Waals surface area contributed by atoms with E-state index in [1.165, 1.54) is 6.07 Å². The van der Waals surface area contributed by atoms with Gasteiger partial charge in [-0.15, -0.1) is 0 Å². The number of nitrogens with one attached hydrogen (secondary N) is 1. The molecule has 18 heavy (non-hydrogen) atoms. The second-order valence-corrected chi connectivity index (χ2v) is 5.19. The third kappa shape index (κ3) is 2.74. The van der Waals surface area contributed by atoms with E-state index >= 15 is 0 Å². The van der Waals surface area contributed by atoms with E-state index in [1.54, 1.807) is 12.3 Å². The quantitative estimate of drug-likeness (QED) is 0.649. The second-order valence-electron chi connectivity index (χ2n) is 4.03. The number of nitrogen functional groups attached to an aromatic ring is 1. The number of anilines is 2. The summed E-state index contributed by atoms with van der Waals surface area (Å²) in [7, 11) is 0. The number of hydrogen-bond donors (Lipinski definition) is 2. The molecule has 2 aromatic rings. The molecule has 0 aliphatic rings. The first-order chi connectivity index (χ1) is 8.47. The van der Waals surface area contributed by atoms with Gasteiger partial charge in [0.25, 0.3) is 0 Å². The van der Waals surface area contributed by atoms with Crippen molar-refractivity contribution >= 4 is 34.0 Å². The largest absolute Gasteiger partial charge is 0.444 e. The molecule has 1 atom stereocenters. The summed E-state index contributed by atoms with van der Waals surface area (Å²) in [5.74, 6) is 0.981. The van der Waals surface area contributed by atoms with Crippen LogP contribution in [0.3, 0.4) is 0 Å². The molecule has 96 valence electrons. The number of aryl methyl sites for hydroxylation is 1. The van der Waals surface area contributed by atoms with Crippen LogP contribution >= 0.6 is 22.6 Å². The normalized spacial score (nSPS) is 12.4. The number of nitrogens with two attached hydrogens (primary N) is 1. The van der Waals surface area contributed by atoms with Crippen LogP contribution in [0.25, 0.3) is 0 Å². The van der Waals surface area contributed by atoms with Gasteiger partial charge in [0.15, 0.2) is 0 Å². The Bertz CT molecular complexity index is 570. The second kappa shape index (κ2) is 5.13. The molecule has 0 fully saturated rings. The lowest BCUT2D eigenvalue weighted by Crippen LogP contribution is -2.09. The summed E-state index contributed by atoms with van der Waals surface area (Å²) in [6, 6.07) is 2.79. The molecule has 1 unspecified atom stereocenters. The van der Waals surface area contributed by atoms with Crippen molar-refractivity contribution < 1.29 is 8.81 Å². The van der Waals surface area contributed by atoms with Crippen molar-refractivity contribution in [2.24, 2.45) is 0 Å². The van der Waals surface area contributed by atoms with Crippen molar-refractivity contribution in [3.05, 3.63) is 39.4 Å². The maximum atomic E-state index is 13.5. The Labute approximate surface area is 118 Å². The predicted molar refractivity (Wildman–Crippen MR) is 76.8 cm³/mol. The van der Waals surface area contributed by atoms with Crippen LogP contribution in [-0.2, 0) is 0 Å². The fourth-order valence-electron chi connectivity index (χ4n) is 1.55. The summed E-state index contributed by atoms with van der Waals surface area (Å²) in [5.41, 5.74) is 6.87. The molecular formula is C12H13FIN3O. The lowest BCUT2D eigenvalue weighted by molar-refractivity contribution is 0.453. The first-order valence-corrected chi connectivity index (χ1v) is 6.48. The Morgan fingerprint density at radius 1 is 1.50 bits per heavy atom. The Hall–Kier alpha value is -1.31. The van der Waals surface area contributed by atoms with E-state index < -0.39 is 0 Å². The van der Waals surface area contributed by atoms with Crippen LogP contribution < -0.4 is 11.1 Å². The number of benzene rings is 1. The lowest BCUT2D eigenvalue weighted by Gasteiger charge is -2.14. The van der Waals surface area contributed by atoms with E-state index in [-0.39, 0.29) is 11.9 Å². The minimum atomic E-state index is -0.303. The molecule has 0 saturated carbocycles. The van der Waals surface area contributed by atoms with Crippen molar-refractivity contribution in [2.75, 3.05) is 11.1 Å². The molecule has 6 heteroatoms. The van der Waals surface area contributed by atoms with E-state index in [2.05, 4.69) is 10.3 Å². The van der Waals surface area contributed by atoms with Crippen LogP contribution in [0.1, 0.15) is 24.6 Å². The maximum Gasteiger partial charge on any atom is 0.216 e. The van der Waals surface area contributed by atoms with Gasteiger partial charge >= 0.3 is 0 Å². The van der Waals surface area contributed by atoms with E-state index in [1.807, 2.05) is 36.4 Å². The Kier molecular flexibility index (Phi) is 3.74. The molecule has 4 nitrogen and oxygen atoms in total. The maximum absolute atomic E-state index is 13.5. The molecule has 1 heterocycles. The molecule has 0 saturated heterocycles. The molecule has 0 aliphatic carbocycles. The zero-order chi connectivity index (χ0) is 13.3. The van der Waals surface area contributed by atoms with Crippen molar-refractivity contribution in [1.29, 1.82) is 0 Å². The molecule has 0 spiro atoms. The van der Waals surface area contributed by atoms with Crippen molar-refractivity contribution in [3.63, 3.8) is 0 Å². The van der Waals surface area contributed by atoms with Crippen molar-refractivity contribution in [3.8, 4) is 0 Å². The molecule has 0 amide bonds. The summed E-state index contributed by atoms with van der Waals surface area (Å²) in [4.78, 5) is 4.12. The summed E-state index contributed by atoms with van der Waals surface area (Å²) in [5, 5.41) is 3.08. The smallest absolute Gasteiger partial charge is 0.216 e. The van der Waals surface area contributed by atoms with E-state index in [9.17, 15) is 4.39 Å². The van der Waals surface area contributed by atoms with Crippen LogP contribution in [0.5, 0.6) is 0 Å². The number of hydrogen-bond acceptors (Lipinski definition) is 4. The Balaban J connectivity index is 2.21. The zero-order valence-corrected chi connectivity index (χ0v) is 12.2. The van der Waals surface area contributed by atoms with Gasteiger partial charge in [0.2, 0.25) is 5.89 Å². The van der Waals surface area contributed by atoms with E-state index in [0.29, 0.717) is 20.8 Å². The summed E-state index contributed by atoms with van der Waals surface area (Å²) >= 11 is 1.90. The molecule has 0 aliphatic heterocycles. The predicted octanol–water partition coefficient (Wildman–Crippen LogP) is 3.48. The standard InChI is InChI=1S/C12H13FIN3O/c1-6-5-16-12(18-6)7(2)17-11-3-8(13)9(14)4-10(11)15/h3-5,7,17H,15H2,1-2H3. The summed E-state index contributed by atoms with van der Waals surface area (Å²) < 4.78 is 19.4. The van der Waals surface area contributed by atoms with Crippen molar-refractivity contribution in [1.82, 2.24) is 4.98 Å². The van der Waals surface area contributed by atoms with Gasteiger partial charge < -0.3 is 15.5 Å². The molecule has 1 aromatic carbocycles. The van der Waals surface area contributed by atoms with E-state index in [4.69, 9.17) is 10.2 Å². The van der Waals surface area contributed by atoms with Crippen molar-refractivity contribution in [2.45, 2.75) is 19.9 Å². The number of aromatic nitrogens is 1. The zero-order valence-electron chi connectivity index (χ0n) is 10.00. The lowest BCUT2D eigenvalue weighted by atomic mass is 10.2. The average molecular weight is 361 g/mol. The topological polar surface area (TPSA) is 64.1 Å². The minimum Gasteiger partial charge on any atom is -0.444 e. The fourth-order valence-corrected chi connectivity index (χ4v) is 2.05. The van der Waals surface area contributed by atoms with Gasteiger partial charge in [0.05, 0.1) is 21.1 Å². The SMILES string of the molecule is Cc1cnc(C(C)Nc2cc(F)c(I)cc2N)o1. The Morgan fingerprint density at radius 2 is 2.22 bits per heavy atom. The van der Waals surface area contributed by atoms with Gasteiger partial charge in [-0.05, 0) is 42.5 Å². The number of rotatable bonds is 3. The molecule has 1 aromatic heterocycles. The third-order valence-electron chi connectivity index (χ3n) is 2.47. The summed E-state index contributed by atoms with van der Waals surface area (Å²) in [6.45, 7) is 3.70. The van der Waals surface area contributed by atoms with E-state index in [0.717, 1.165) is 5.76 Å². The van der Waals surface area contributed by atoms with Gasteiger partial charge in [-0.3, -0.25) is 0 Å². The molecule has 0 radical (unpaired) electrons. The van der Waals surface area contributed by atoms with Crippen LogP contribution in [0.2, 0.25) is 0 Å². The highest BCUT2D eigenvalue weighted by Gasteiger charge is 2.14. The highest BCUT2D eigenvalue weighted by Crippen LogP contribution is 2.27. The van der Waals surface area contributed by atoms with Gasteiger partial charge in [-0.25, -0.2) is 9.37 Å². The molecular weight excluding hydrogens is 348 g/mol. The van der Waals surface area contributed by atoms with Gasteiger partial charge in [0, 0.05) is 6.07 Å². The Morgan fingerprint density at radius 3 is 2.83 bits per heavy atom. The van der Waals surface area contributed by atoms with Crippen LogP contribution in [-0.4, -0.2) is 4.98 Å².